The third kappa shape index (κ3) is 2.20. The van der Waals surface area contributed by atoms with Crippen molar-refractivity contribution in [3.05, 3.63) is 28.0 Å². The summed E-state index contributed by atoms with van der Waals surface area (Å²) in [6.07, 6.45) is -1.06. The van der Waals surface area contributed by atoms with Crippen LogP contribution in [0.25, 0.3) is 0 Å². The second kappa shape index (κ2) is 4.07. The number of hydrogen-bond acceptors (Lipinski definition) is 3. The first-order chi connectivity index (χ1) is 6.54. The van der Waals surface area contributed by atoms with Crippen LogP contribution < -0.4 is 10.5 Å². The smallest absolute Gasteiger partial charge is 0.409 e. The maximum atomic E-state index is 13.0. The van der Waals surface area contributed by atoms with Gasteiger partial charge in [-0.25, -0.2) is 9.18 Å². The monoisotopic (exact) mass is 258 g/mol. The molecule has 0 heterocycles. The molecule has 1 aromatic rings. The van der Waals surface area contributed by atoms with E-state index in [4.69, 9.17) is 11.0 Å². The SMILES string of the molecule is N#Cc1cc(OC(N)=O)cc(F)c1Br. The Morgan fingerprint density at radius 3 is 2.79 bits per heavy atom. The molecule has 1 aromatic carbocycles. The Hall–Kier alpha value is -1.61. The number of amides is 1. The van der Waals surface area contributed by atoms with Gasteiger partial charge in [-0.15, -0.1) is 0 Å². The highest BCUT2D eigenvalue weighted by atomic mass is 79.9. The zero-order chi connectivity index (χ0) is 10.7. The van der Waals surface area contributed by atoms with Crippen LogP contribution in [0.5, 0.6) is 5.75 Å². The molecule has 6 heteroatoms. The van der Waals surface area contributed by atoms with Crippen LogP contribution >= 0.6 is 15.9 Å². The molecule has 0 spiro atoms. The van der Waals surface area contributed by atoms with Crippen LogP contribution in [-0.4, -0.2) is 6.09 Å². The largest absolute Gasteiger partial charge is 0.410 e. The summed E-state index contributed by atoms with van der Waals surface area (Å²) >= 11 is 2.87. The molecule has 2 N–H and O–H groups in total. The first-order valence-electron chi connectivity index (χ1n) is 3.41. The molecule has 0 aromatic heterocycles. The van der Waals surface area contributed by atoms with Gasteiger partial charge in [0.15, 0.2) is 0 Å². The third-order valence-electron chi connectivity index (χ3n) is 1.34. The van der Waals surface area contributed by atoms with E-state index in [0.29, 0.717) is 0 Å². The van der Waals surface area contributed by atoms with Gasteiger partial charge in [-0.1, -0.05) is 0 Å². The Balaban J connectivity index is 3.18. The molecule has 0 fully saturated rings. The number of carbonyl (C=O) groups excluding carboxylic acids is 1. The highest BCUT2D eigenvalue weighted by molar-refractivity contribution is 9.10. The average Bonchev–Trinajstić information content (AvgIpc) is 2.10. The molecule has 0 aliphatic rings. The van der Waals surface area contributed by atoms with E-state index in [9.17, 15) is 9.18 Å². The summed E-state index contributed by atoms with van der Waals surface area (Å²) in [5.41, 5.74) is 4.75. The number of carbonyl (C=O) groups is 1. The van der Waals surface area contributed by atoms with Crippen molar-refractivity contribution in [1.82, 2.24) is 0 Å². The fourth-order valence-electron chi connectivity index (χ4n) is 0.821. The Kier molecular flexibility index (Phi) is 3.04. The minimum absolute atomic E-state index is 0.0248. The molecule has 0 atom stereocenters. The number of benzene rings is 1. The van der Waals surface area contributed by atoms with E-state index in [1.54, 1.807) is 6.07 Å². The number of primary amides is 1. The predicted octanol–water partition coefficient (Wildman–Crippen LogP) is 1.92. The van der Waals surface area contributed by atoms with Crippen LogP contribution in [0.15, 0.2) is 16.6 Å². The van der Waals surface area contributed by atoms with Gasteiger partial charge >= 0.3 is 6.09 Å². The first kappa shape index (κ1) is 10.5. The van der Waals surface area contributed by atoms with E-state index in [1.165, 1.54) is 6.07 Å². The molecule has 0 unspecified atom stereocenters. The Labute approximate surface area is 87.2 Å². The van der Waals surface area contributed by atoms with E-state index in [2.05, 4.69) is 20.7 Å². The summed E-state index contributed by atoms with van der Waals surface area (Å²) in [7, 11) is 0. The fourth-order valence-corrected chi connectivity index (χ4v) is 1.14. The van der Waals surface area contributed by atoms with E-state index in [0.717, 1.165) is 6.07 Å². The van der Waals surface area contributed by atoms with Crippen LogP contribution in [0.4, 0.5) is 9.18 Å². The number of rotatable bonds is 1. The molecule has 72 valence electrons. The first-order valence-corrected chi connectivity index (χ1v) is 4.20. The molecular formula is C8H4BrFN2O2. The van der Waals surface area contributed by atoms with Crippen molar-refractivity contribution in [2.45, 2.75) is 0 Å². The van der Waals surface area contributed by atoms with Gasteiger partial charge in [-0.05, 0) is 15.9 Å². The molecule has 4 nitrogen and oxygen atoms in total. The Morgan fingerprint density at radius 2 is 2.29 bits per heavy atom. The third-order valence-corrected chi connectivity index (χ3v) is 2.15. The maximum Gasteiger partial charge on any atom is 0.409 e. The van der Waals surface area contributed by atoms with Crippen LogP contribution in [0.2, 0.25) is 0 Å². The number of nitrogens with zero attached hydrogens (tertiary/aromatic N) is 1. The lowest BCUT2D eigenvalue weighted by Gasteiger charge is -2.03. The van der Waals surface area contributed by atoms with E-state index in [1.807, 2.05) is 0 Å². The molecule has 1 rings (SSSR count). The Bertz CT molecular complexity index is 428. The zero-order valence-electron chi connectivity index (χ0n) is 6.75. The highest BCUT2D eigenvalue weighted by Crippen LogP contribution is 2.25. The summed E-state index contributed by atoms with van der Waals surface area (Å²) < 4.78 is 17.5. The normalized spacial score (nSPS) is 9.21. The average molecular weight is 259 g/mol. The maximum absolute atomic E-state index is 13.0. The summed E-state index contributed by atoms with van der Waals surface area (Å²) in [6, 6.07) is 3.89. The number of nitrogens with two attached hydrogens (primary N) is 1. The molecule has 0 saturated carbocycles. The van der Waals surface area contributed by atoms with Crippen molar-refractivity contribution in [2.24, 2.45) is 5.73 Å². The van der Waals surface area contributed by atoms with Gasteiger partial charge in [0.2, 0.25) is 0 Å². The van der Waals surface area contributed by atoms with Gasteiger partial charge < -0.3 is 10.5 Å². The summed E-state index contributed by atoms with van der Waals surface area (Å²) in [4.78, 5) is 10.3. The molecule has 1 amide bonds. The van der Waals surface area contributed by atoms with Crippen LogP contribution in [-0.2, 0) is 0 Å². The van der Waals surface area contributed by atoms with Crippen molar-refractivity contribution in [3.8, 4) is 11.8 Å². The van der Waals surface area contributed by atoms with Crippen molar-refractivity contribution in [3.63, 3.8) is 0 Å². The predicted molar refractivity (Wildman–Crippen MR) is 49.0 cm³/mol. The number of halogens is 2. The Morgan fingerprint density at radius 1 is 1.64 bits per heavy atom. The van der Waals surface area contributed by atoms with Crippen molar-refractivity contribution in [1.29, 1.82) is 5.26 Å². The van der Waals surface area contributed by atoms with E-state index >= 15 is 0 Å². The molecule has 0 aliphatic carbocycles. The van der Waals surface area contributed by atoms with Crippen LogP contribution in [0, 0.1) is 17.1 Å². The molecule has 0 saturated heterocycles. The van der Waals surface area contributed by atoms with E-state index < -0.39 is 11.9 Å². The van der Waals surface area contributed by atoms with Crippen LogP contribution in [0.3, 0.4) is 0 Å². The summed E-state index contributed by atoms with van der Waals surface area (Å²) in [6.45, 7) is 0. The fraction of sp³-hybridized carbons (Fsp3) is 0. The minimum Gasteiger partial charge on any atom is -0.410 e. The quantitative estimate of drug-likeness (QED) is 0.836. The topological polar surface area (TPSA) is 76.1 Å². The molecular weight excluding hydrogens is 255 g/mol. The van der Waals surface area contributed by atoms with Crippen LogP contribution in [0.1, 0.15) is 5.56 Å². The zero-order valence-corrected chi connectivity index (χ0v) is 8.34. The lowest BCUT2D eigenvalue weighted by atomic mass is 10.2. The van der Waals surface area contributed by atoms with Crippen molar-refractivity contribution in [2.75, 3.05) is 0 Å². The molecule has 0 bridgehead atoms. The second-order valence-electron chi connectivity index (χ2n) is 2.30. The summed E-state index contributed by atoms with van der Waals surface area (Å²) in [5.74, 6) is -0.796. The van der Waals surface area contributed by atoms with Gasteiger partial charge in [0.1, 0.15) is 17.6 Å². The van der Waals surface area contributed by atoms with Gasteiger partial charge in [-0.2, -0.15) is 5.26 Å². The number of nitriles is 1. The van der Waals surface area contributed by atoms with Gasteiger partial charge in [0.25, 0.3) is 0 Å². The van der Waals surface area contributed by atoms with Crippen molar-refractivity contribution < 1.29 is 13.9 Å². The van der Waals surface area contributed by atoms with Gasteiger partial charge in [0, 0.05) is 12.1 Å². The summed E-state index contributed by atoms with van der Waals surface area (Å²) in [5, 5.41) is 8.58. The second-order valence-corrected chi connectivity index (χ2v) is 3.09. The van der Waals surface area contributed by atoms with Gasteiger partial charge in [-0.3, -0.25) is 0 Å². The highest BCUT2D eigenvalue weighted by Gasteiger charge is 2.10. The lowest BCUT2D eigenvalue weighted by molar-refractivity contribution is 0.210. The van der Waals surface area contributed by atoms with Crippen molar-refractivity contribution >= 4 is 22.0 Å². The molecule has 14 heavy (non-hydrogen) atoms. The standard InChI is InChI=1S/C8H4BrFN2O2/c9-7-4(3-11)1-5(2-6(7)10)14-8(12)13/h1-2H,(H2,12,13). The van der Waals surface area contributed by atoms with Gasteiger partial charge in [0.05, 0.1) is 10.0 Å². The number of ether oxygens (including phenoxy) is 1. The lowest BCUT2D eigenvalue weighted by Crippen LogP contribution is -2.16. The molecule has 0 radical (unpaired) electrons. The number of hydrogen-bond donors (Lipinski definition) is 1. The minimum atomic E-state index is -1.06. The molecule has 0 aliphatic heterocycles. The van der Waals surface area contributed by atoms with E-state index in [-0.39, 0.29) is 15.8 Å².